The molecular formula is C17H28BrFIN3O2. The summed E-state index contributed by atoms with van der Waals surface area (Å²) in [7, 11) is 1.68. The van der Waals surface area contributed by atoms with Gasteiger partial charge in [0.05, 0.1) is 19.8 Å². The lowest BCUT2D eigenvalue weighted by atomic mass is 10.2. The van der Waals surface area contributed by atoms with Crippen molar-refractivity contribution in [3.05, 3.63) is 34.1 Å². The number of unbranched alkanes of at least 4 members (excludes halogenated alkanes) is 1. The summed E-state index contributed by atoms with van der Waals surface area (Å²) in [5, 5.41) is 6.20. The minimum absolute atomic E-state index is 0. The fourth-order valence-corrected chi connectivity index (χ4v) is 2.21. The Hall–Kier alpha value is -0.450. The van der Waals surface area contributed by atoms with Crippen molar-refractivity contribution >= 4 is 45.9 Å². The number of aliphatic imine (C=N–C) groups is 1. The van der Waals surface area contributed by atoms with Crippen molar-refractivity contribution in [2.45, 2.75) is 26.3 Å². The molecule has 0 aromatic heterocycles. The molecule has 0 radical (unpaired) electrons. The number of nitrogens with zero attached hydrogens (tertiary/aromatic N) is 1. The van der Waals surface area contributed by atoms with E-state index < -0.39 is 0 Å². The van der Waals surface area contributed by atoms with Crippen molar-refractivity contribution in [2.75, 3.05) is 40.0 Å². The van der Waals surface area contributed by atoms with Crippen LogP contribution in [0.2, 0.25) is 0 Å². The first-order valence-electron chi connectivity index (χ1n) is 8.21. The number of nitrogens with one attached hydrogen (secondary N) is 2. The molecule has 0 fully saturated rings. The van der Waals surface area contributed by atoms with Crippen molar-refractivity contribution < 1.29 is 13.9 Å². The average molecular weight is 532 g/mol. The van der Waals surface area contributed by atoms with Crippen molar-refractivity contribution in [3.8, 4) is 0 Å². The Morgan fingerprint density at radius 2 is 1.88 bits per heavy atom. The molecule has 0 saturated carbocycles. The van der Waals surface area contributed by atoms with Crippen LogP contribution in [0.5, 0.6) is 0 Å². The number of halogens is 3. The second-order valence-electron chi connectivity index (χ2n) is 5.17. The molecule has 0 amide bonds. The molecule has 0 aliphatic rings. The molecule has 2 N–H and O–H groups in total. The number of guanidine groups is 1. The van der Waals surface area contributed by atoms with Crippen LogP contribution >= 0.6 is 39.9 Å². The number of hydrogen-bond donors (Lipinski definition) is 2. The Kier molecular flexibility index (Phi) is 15.5. The van der Waals surface area contributed by atoms with Crippen molar-refractivity contribution in [3.63, 3.8) is 0 Å². The van der Waals surface area contributed by atoms with Crippen LogP contribution < -0.4 is 10.6 Å². The summed E-state index contributed by atoms with van der Waals surface area (Å²) in [6, 6.07) is 5.00. The van der Waals surface area contributed by atoms with Gasteiger partial charge in [0.25, 0.3) is 0 Å². The number of rotatable bonds is 11. The lowest BCUT2D eigenvalue weighted by molar-refractivity contribution is 0.0487. The second-order valence-corrected chi connectivity index (χ2v) is 6.08. The van der Waals surface area contributed by atoms with Crippen LogP contribution in [-0.2, 0) is 16.0 Å². The summed E-state index contributed by atoms with van der Waals surface area (Å²) in [5.41, 5.74) is 0.585. The summed E-state index contributed by atoms with van der Waals surface area (Å²) in [4.78, 5) is 4.10. The minimum Gasteiger partial charge on any atom is -0.379 e. The number of benzene rings is 1. The predicted molar refractivity (Wildman–Crippen MR) is 114 cm³/mol. The lowest BCUT2D eigenvalue weighted by Crippen LogP contribution is -2.38. The van der Waals surface area contributed by atoms with Gasteiger partial charge in [0.2, 0.25) is 0 Å². The van der Waals surface area contributed by atoms with E-state index in [1.165, 1.54) is 6.07 Å². The van der Waals surface area contributed by atoms with E-state index in [1.54, 1.807) is 13.1 Å². The van der Waals surface area contributed by atoms with Gasteiger partial charge in [0, 0.05) is 36.8 Å². The maximum atomic E-state index is 13.7. The van der Waals surface area contributed by atoms with Gasteiger partial charge >= 0.3 is 0 Å². The van der Waals surface area contributed by atoms with Gasteiger partial charge in [-0.15, -0.1) is 24.0 Å². The molecule has 25 heavy (non-hydrogen) atoms. The molecule has 0 heterocycles. The first kappa shape index (κ1) is 24.6. The topological polar surface area (TPSA) is 54.9 Å². The predicted octanol–water partition coefficient (Wildman–Crippen LogP) is 3.70. The van der Waals surface area contributed by atoms with Crippen molar-refractivity contribution in [1.29, 1.82) is 0 Å². The van der Waals surface area contributed by atoms with Crippen molar-refractivity contribution in [1.82, 2.24) is 10.6 Å². The highest BCUT2D eigenvalue weighted by Crippen LogP contribution is 2.14. The van der Waals surface area contributed by atoms with Crippen LogP contribution in [0.25, 0.3) is 0 Å². The van der Waals surface area contributed by atoms with Crippen LogP contribution in [0.15, 0.2) is 27.7 Å². The van der Waals surface area contributed by atoms with Gasteiger partial charge in [-0.3, -0.25) is 4.99 Å². The smallest absolute Gasteiger partial charge is 0.191 e. The summed E-state index contributed by atoms with van der Waals surface area (Å²) >= 11 is 3.24. The molecule has 0 atom stereocenters. The van der Waals surface area contributed by atoms with E-state index in [1.807, 2.05) is 6.07 Å². The Morgan fingerprint density at radius 3 is 2.52 bits per heavy atom. The molecule has 8 heteroatoms. The normalized spacial score (nSPS) is 11.1. The molecule has 0 aliphatic carbocycles. The first-order chi connectivity index (χ1) is 11.7. The van der Waals surface area contributed by atoms with E-state index in [0.717, 1.165) is 23.9 Å². The molecule has 0 unspecified atom stereocenters. The van der Waals surface area contributed by atoms with Crippen LogP contribution in [0.1, 0.15) is 25.3 Å². The quantitative estimate of drug-likeness (QED) is 0.198. The van der Waals surface area contributed by atoms with E-state index in [0.29, 0.717) is 44.4 Å². The molecule has 0 aliphatic heterocycles. The summed E-state index contributed by atoms with van der Waals surface area (Å²) in [5.74, 6) is 0.360. The summed E-state index contributed by atoms with van der Waals surface area (Å²) < 4.78 is 25.3. The van der Waals surface area contributed by atoms with Gasteiger partial charge in [-0.25, -0.2) is 4.39 Å². The van der Waals surface area contributed by atoms with Crippen LogP contribution in [0.4, 0.5) is 4.39 Å². The number of ether oxygens (including phenoxy) is 2. The van der Waals surface area contributed by atoms with E-state index in [9.17, 15) is 4.39 Å². The second kappa shape index (κ2) is 15.8. The Morgan fingerprint density at radius 1 is 1.16 bits per heavy atom. The third kappa shape index (κ3) is 11.7. The van der Waals surface area contributed by atoms with E-state index in [2.05, 4.69) is 38.5 Å². The summed E-state index contributed by atoms with van der Waals surface area (Å²) in [6.07, 6.45) is 2.23. The van der Waals surface area contributed by atoms with E-state index in [4.69, 9.17) is 9.47 Å². The highest BCUT2D eigenvalue weighted by atomic mass is 127. The summed E-state index contributed by atoms with van der Waals surface area (Å²) in [6.45, 7) is 5.68. The minimum atomic E-state index is -0.251. The van der Waals surface area contributed by atoms with Gasteiger partial charge in [-0.1, -0.05) is 35.3 Å². The molecule has 0 saturated heterocycles. The zero-order chi connectivity index (χ0) is 17.6. The van der Waals surface area contributed by atoms with Crippen LogP contribution in [-0.4, -0.2) is 46.0 Å². The zero-order valence-corrected chi connectivity index (χ0v) is 18.7. The third-order valence-electron chi connectivity index (χ3n) is 3.24. The highest BCUT2D eigenvalue weighted by Gasteiger charge is 2.04. The molecule has 0 bridgehead atoms. The van der Waals surface area contributed by atoms with Crippen LogP contribution in [0, 0.1) is 5.82 Å². The average Bonchev–Trinajstić information content (AvgIpc) is 2.57. The molecular weight excluding hydrogens is 504 g/mol. The lowest BCUT2D eigenvalue weighted by Gasteiger charge is -2.12. The zero-order valence-electron chi connectivity index (χ0n) is 14.8. The Balaban J connectivity index is 0.00000576. The van der Waals surface area contributed by atoms with Gasteiger partial charge in [-0.05, 0) is 18.6 Å². The first-order valence-corrected chi connectivity index (χ1v) is 9.00. The maximum Gasteiger partial charge on any atom is 0.191 e. The molecule has 1 aromatic rings. The van der Waals surface area contributed by atoms with E-state index in [-0.39, 0.29) is 29.8 Å². The van der Waals surface area contributed by atoms with Crippen LogP contribution in [0.3, 0.4) is 0 Å². The fourth-order valence-electron chi connectivity index (χ4n) is 1.87. The van der Waals surface area contributed by atoms with Crippen molar-refractivity contribution in [2.24, 2.45) is 4.99 Å². The van der Waals surface area contributed by atoms with Gasteiger partial charge in [0.15, 0.2) is 5.96 Å². The Labute approximate surface area is 175 Å². The highest BCUT2D eigenvalue weighted by molar-refractivity contribution is 14.0. The van der Waals surface area contributed by atoms with Gasteiger partial charge in [0.1, 0.15) is 5.82 Å². The molecule has 0 spiro atoms. The van der Waals surface area contributed by atoms with Gasteiger partial charge in [-0.2, -0.15) is 0 Å². The fraction of sp³-hybridized carbons (Fsp3) is 0.588. The largest absolute Gasteiger partial charge is 0.379 e. The molecule has 5 nitrogen and oxygen atoms in total. The SMILES string of the molecule is CCCCOCCOCCNC(=NC)NCc1ccc(Br)cc1F.I. The molecule has 144 valence electrons. The standard InChI is InChI=1S/C17H27BrFN3O2.HI/c1-3-4-8-23-10-11-24-9-7-21-17(20-2)22-13-14-5-6-15(18)12-16(14)19;/h5-6,12H,3-4,7-11,13H2,1-2H3,(H2,20,21,22);1H. The maximum absolute atomic E-state index is 13.7. The number of hydrogen-bond acceptors (Lipinski definition) is 3. The van der Waals surface area contributed by atoms with E-state index >= 15 is 0 Å². The monoisotopic (exact) mass is 531 g/mol. The molecule has 1 rings (SSSR count). The molecule has 1 aromatic carbocycles. The Bertz CT molecular complexity index is 507. The van der Waals surface area contributed by atoms with Gasteiger partial charge < -0.3 is 20.1 Å². The third-order valence-corrected chi connectivity index (χ3v) is 3.73.